The van der Waals surface area contributed by atoms with Crippen molar-refractivity contribution in [1.82, 2.24) is 24.6 Å². The van der Waals surface area contributed by atoms with Crippen molar-refractivity contribution in [3.05, 3.63) is 52.0 Å². The van der Waals surface area contributed by atoms with Crippen LogP contribution in [0.25, 0.3) is 11.0 Å². The summed E-state index contributed by atoms with van der Waals surface area (Å²) in [4.78, 5) is 28.4. The van der Waals surface area contributed by atoms with E-state index >= 15 is 0 Å². The van der Waals surface area contributed by atoms with Gasteiger partial charge in [0.15, 0.2) is 5.49 Å². The Morgan fingerprint density at radius 2 is 1.97 bits per heavy atom. The Labute approximate surface area is 179 Å². The zero-order chi connectivity index (χ0) is 21.4. The average molecular weight is 422 g/mol. The lowest BCUT2D eigenvalue weighted by Gasteiger charge is -2.29. The Morgan fingerprint density at radius 3 is 2.71 bits per heavy atom. The van der Waals surface area contributed by atoms with Crippen LogP contribution >= 0.6 is 0 Å². The number of nitrogens with one attached hydrogen (secondary N) is 1. The lowest BCUT2D eigenvalue weighted by Crippen LogP contribution is -2.43. The van der Waals surface area contributed by atoms with Crippen LogP contribution in [0.15, 0.2) is 40.4 Å². The Morgan fingerprint density at radius 1 is 1.19 bits per heavy atom. The van der Waals surface area contributed by atoms with Crippen molar-refractivity contribution in [3.63, 3.8) is 0 Å². The Balaban J connectivity index is 1.57. The molecule has 0 aromatic carbocycles. The van der Waals surface area contributed by atoms with E-state index in [-0.39, 0.29) is 17.5 Å². The number of fused-ring (bicyclic) bond motifs is 1. The van der Waals surface area contributed by atoms with Crippen molar-refractivity contribution in [3.8, 4) is 0 Å². The van der Waals surface area contributed by atoms with Gasteiger partial charge in [-0.3, -0.25) is 9.36 Å². The minimum atomic E-state index is -0.0286. The third-order valence-corrected chi connectivity index (χ3v) is 6.27. The van der Waals surface area contributed by atoms with Crippen LogP contribution in [0.2, 0.25) is 0 Å². The Kier molecular flexibility index (Phi) is 5.19. The van der Waals surface area contributed by atoms with Gasteiger partial charge < -0.3 is 15.4 Å². The van der Waals surface area contributed by atoms with Crippen LogP contribution in [0.4, 0.5) is 11.6 Å². The van der Waals surface area contributed by atoms with Crippen LogP contribution in [0.3, 0.4) is 0 Å². The molecule has 0 radical (unpaired) electrons. The van der Waals surface area contributed by atoms with Crippen LogP contribution in [-0.4, -0.2) is 50.7 Å². The zero-order valence-electron chi connectivity index (χ0n) is 17.7. The number of piperazine rings is 1. The summed E-state index contributed by atoms with van der Waals surface area (Å²) in [7, 11) is 0. The van der Waals surface area contributed by atoms with Crippen LogP contribution < -0.4 is 21.3 Å². The molecule has 4 heterocycles. The molecule has 2 fully saturated rings. The molecular formula is C22H27N7O2. The SMILES string of the molecule is Cc1cc(=O)n(C2CCCC2)c2nc(N=c3ccc(N4CCNCC4)cn3O)ncc12. The normalized spacial score (nSPS) is 18.2. The van der Waals surface area contributed by atoms with Crippen molar-refractivity contribution < 1.29 is 5.21 Å². The minimum Gasteiger partial charge on any atom is -0.427 e. The molecule has 0 bridgehead atoms. The van der Waals surface area contributed by atoms with Gasteiger partial charge in [0.1, 0.15) is 5.65 Å². The molecule has 31 heavy (non-hydrogen) atoms. The first-order chi connectivity index (χ1) is 15.1. The Hall–Kier alpha value is -3.20. The molecule has 0 unspecified atom stereocenters. The van der Waals surface area contributed by atoms with E-state index < -0.39 is 0 Å². The smallest absolute Gasteiger partial charge is 0.253 e. The third kappa shape index (κ3) is 3.81. The molecule has 0 spiro atoms. The van der Waals surface area contributed by atoms with Gasteiger partial charge in [0.2, 0.25) is 0 Å². The second-order valence-corrected chi connectivity index (χ2v) is 8.32. The average Bonchev–Trinajstić information content (AvgIpc) is 3.30. The van der Waals surface area contributed by atoms with Crippen molar-refractivity contribution in [2.45, 2.75) is 38.6 Å². The number of rotatable bonds is 3. The molecule has 2 N–H and O–H groups in total. The molecule has 1 aliphatic carbocycles. The zero-order valence-corrected chi connectivity index (χ0v) is 17.7. The number of nitrogens with zero attached hydrogens (tertiary/aromatic N) is 6. The Bertz CT molecular complexity index is 1230. The van der Waals surface area contributed by atoms with E-state index in [1.54, 1.807) is 29.1 Å². The van der Waals surface area contributed by atoms with E-state index in [4.69, 9.17) is 0 Å². The summed E-state index contributed by atoms with van der Waals surface area (Å²) in [5.74, 6) is 0.224. The second-order valence-electron chi connectivity index (χ2n) is 8.32. The predicted octanol–water partition coefficient (Wildman–Crippen LogP) is 1.90. The molecule has 5 rings (SSSR count). The first kappa shape index (κ1) is 19.7. The van der Waals surface area contributed by atoms with Crippen molar-refractivity contribution >= 4 is 22.7 Å². The summed E-state index contributed by atoms with van der Waals surface area (Å²) in [6.45, 7) is 5.53. The number of anilines is 1. The van der Waals surface area contributed by atoms with E-state index in [0.29, 0.717) is 11.1 Å². The van der Waals surface area contributed by atoms with Gasteiger partial charge >= 0.3 is 0 Å². The molecule has 0 amide bonds. The number of aromatic nitrogens is 4. The van der Waals surface area contributed by atoms with Crippen molar-refractivity contribution in [2.75, 3.05) is 31.1 Å². The fourth-order valence-corrected chi connectivity index (χ4v) is 4.60. The van der Waals surface area contributed by atoms with E-state index in [1.165, 1.54) is 0 Å². The van der Waals surface area contributed by atoms with Gasteiger partial charge in [0.25, 0.3) is 11.5 Å². The fourth-order valence-electron chi connectivity index (χ4n) is 4.60. The molecule has 9 heteroatoms. The maximum absolute atomic E-state index is 12.8. The lowest BCUT2D eigenvalue weighted by atomic mass is 10.1. The highest BCUT2D eigenvalue weighted by Gasteiger charge is 2.21. The number of pyridine rings is 2. The topological polar surface area (TPSA) is 101 Å². The summed E-state index contributed by atoms with van der Waals surface area (Å²) in [5.41, 5.74) is 2.72. The number of aryl methyl sites for hydroxylation is 1. The molecule has 2 aliphatic rings. The van der Waals surface area contributed by atoms with Gasteiger partial charge in [0, 0.05) is 49.9 Å². The highest BCUT2D eigenvalue weighted by Crippen LogP contribution is 2.31. The van der Waals surface area contributed by atoms with E-state index in [9.17, 15) is 10.0 Å². The molecule has 1 aliphatic heterocycles. The largest absolute Gasteiger partial charge is 0.427 e. The van der Waals surface area contributed by atoms with Gasteiger partial charge in [-0.05, 0) is 37.5 Å². The maximum Gasteiger partial charge on any atom is 0.253 e. The van der Waals surface area contributed by atoms with Crippen LogP contribution in [0, 0.1) is 6.92 Å². The third-order valence-electron chi connectivity index (χ3n) is 6.27. The molecule has 0 atom stereocenters. The lowest BCUT2D eigenvalue weighted by molar-refractivity contribution is 0.172. The number of hydrogen-bond acceptors (Lipinski definition) is 7. The second kappa shape index (κ2) is 8.14. The summed E-state index contributed by atoms with van der Waals surface area (Å²) in [5, 5.41) is 14.7. The number of hydrogen-bond donors (Lipinski definition) is 2. The van der Waals surface area contributed by atoms with Crippen molar-refractivity contribution in [1.29, 1.82) is 0 Å². The molecule has 3 aromatic rings. The van der Waals surface area contributed by atoms with Crippen molar-refractivity contribution in [2.24, 2.45) is 4.99 Å². The fraction of sp³-hybridized carbons (Fsp3) is 0.455. The molecular weight excluding hydrogens is 394 g/mol. The maximum atomic E-state index is 12.8. The summed E-state index contributed by atoms with van der Waals surface area (Å²) in [6.07, 6.45) is 7.59. The summed E-state index contributed by atoms with van der Waals surface area (Å²) in [6, 6.07) is 5.53. The molecule has 3 aromatic heterocycles. The van der Waals surface area contributed by atoms with Gasteiger partial charge in [-0.2, -0.15) is 14.7 Å². The van der Waals surface area contributed by atoms with Crippen LogP contribution in [0.5, 0.6) is 0 Å². The van der Waals surface area contributed by atoms with E-state index in [1.807, 2.05) is 13.0 Å². The molecule has 9 nitrogen and oxygen atoms in total. The van der Waals surface area contributed by atoms with Gasteiger partial charge in [-0.1, -0.05) is 12.8 Å². The first-order valence-electron chi connectivity index (χ1n) is 10.9. The van der Waals surface area contributed by atoms with E-state index in [0.717, 1.165) is 73.2 Å². The first-order valence-corrected chi connectivity index (χ1v) is 10.9. The van der Waals surface area contributed by atoms with Gasteiger partial charge in [-0.15, -0.1) is 0 Å². The quantitative estimate of drug-likeness (QED) is 0.627. The van der Waals surface area contributed by atoms with E-state index in [2.05, 4.69) is 25.2 Å². The monoisotopic (exact) mass is 421 g/mol. The van der Waals surface area contributed by atoms with Gasteiger partial charge in [0.05, 0.1) is 11.9 Å². The predicted molar refractivity (Wildman–Crippen MR) is 118 cm³/mol. The molecule has 1 saturated heterocycles. The van der Waals surface area contributed by atoms with Gasteiger partial charge in [-0.25, -0.2) is 4.98 Å². The highest BCUT2D eigenvalue weighted by molar-refractivity contribution is 5.78. The van der Waals surface area contributed by atoms with Crippen LogP contribution in [0.1, 0.15) is 37.3 Å². The summed E-state index contributed by atoms with van der Waals surface area (Å²) < 4.78 is 2.81. The molecule has 162 valence electrons. The molecule has 1 saturated carbocycles. The highest BCUT2D eigenvalue weighted by atomic mass is 16.5. The standard InChI is InChI=1S/C22H27N7O2/c1-15-12-20(30)29(16-4-2-3-5-16)21-18(15)13-24-22(26-21)25-19-7-6-17(14-28(19)31)27-10-8-23-9-11-27/h6-7,12-14,16,23,31H,2-5,8-11H2,1H3. The van der Waals surface area contributed by atoms with Crippen LogP contribution in [-0.2, 0) is 0 Å². The summed E-state index contributed by atoms with van der Waals surface area (Å²) >= 11 is 0. The minimum absolute atomic E-state index is 0.0286.